The van der Waals surface area contributed by atoms with Gasteiger partial charge in [0.1, 0.15) is 5.75 Å². The molecule has 0 spiro atoms. The molecule has 4 saturated carbocycles. The van der Waals surface area contributed by atoms with Gasteiger partial charge in [-0.15, -0.1) is 0 Å². The smallest absolute Gasteiger partial charge is 0.163 e. The summed E-state index contributed by atoms with van der Waals surface area (Å²) >= 11 is 0. The lowest BCUT2D eigenvalue weighted by Gasteiger charge is -2.68. The zero-order valence-electron chi connectivity index (χ0n) is 28.8. The van der Waals surface area contributed by atoms with Crippen LogP contribution < -0.4 is 4.74 Å². The number of hydrogen-bond acceptors (Lipinski definition) is 4. The minimum absolute atomic E-state index is 0.226. The van der Waals surface area contributed by atoms with Crippen LogP contribution >= 0.6 is 0 Å². The highest BCUT2D eigenvalue weighted by Gasteiger charge is 2.65. The third kappa shape index (κ3) is 5.22. The Hall–Kier alpha value is -1.36. The van der Waals surface area contributed by atoms with Gasteiger partial charge in [0.25, 0.3) is 0 Å². The number of ether oxygens (including phenoxy) is 4. The first-order chi connectivity index (χ1) is 20.8. The van der Waals surface area contributed by atoms with Gasteiger partial charge in [-0.25, -0.2) is 0 Å². The maximum absolute atomic E-state index is 6.86. The van der Waals surface area contributed by atoms with Crippen LogP contribution in [-0.4, -0.2) is 37.8 Å². The van der Waals surface area contributed by atoms with Crippen LogP contribution in [0.5, 0.6) is 5.75 Å². The second kappa shape index (κ2) is 11.1. The molecule has 10 atom stereocenters. The van der Waals surface area contributed by atoms with Crippen molar-refractivity contribution in [1.82, 2.24) is 0 Å². The monoisotopic (exact) mass is 604 g/mol. The molecule has 1 saturated heterocycles. The van der Waals surface area contributed by atoms with E-state index in [1.165, 1.54) is 57.8 Å². The van der Waals surface area contributed by atoms with E-state index < -0.39 is 5.79 Å². The average Bonchev–Trinajstić information content (AvgIpc) is 2.97. The average molecular weight is 605 g/mol. The van der Waals surface area contributed by atoms with Crippen LogP contribution in [0, 0.1) is 51.2 Å². The molecule has 10 unspecified atom stereocenters. The van der Waals surface area contributed by atoms with Crippen LogP contribution in [0.1, 0.15) is 113 Å². The van der Waals surface area contributed by atoms with Crippen LogP contribution in [0.3, 0.4) is 0 Å². The van der Waals surface area contributed by atoms with Crippen LogP contribution in [0.25, 0.3) is 0 Å². The van der Waals surface area contributed by atoms with Gasteiger partial charge in [-0.1, -0.05) is 64.5 Å². The molecule has 44 heavy (non-hydrogen) atoms. The molecular weight excluding hydrogens is 544 g/mol. The molecule has 0 radical (unpaired) electrons. The van der Waals surface area contributed by atoms with Gasteiger partial charge >= 0.3 is 0 Å². The third-order valence-corrected chi connectivity index (χ3v) is 14.3. The Balaban J connectivity index is 1.08. The lowest BCUT2D eigenvalue weighted by Crippen LogP contribution is -2.63. The van der Waals surface area contributed by atoms with Crippen molar-refractivity contribution < 1.29 is 18.9 Å². The highest BCUT2D eigenvalue weighted by atomic mass is 16.7. The van der Waals surface area contributed by atoms with Crippen LogP contribution in [0.2, 0.25) is 0 Å². The standard InChI is InChI=1S/C40H60O4/c1-36(2)24-32-28-14-15-34-38(5,19-16-31-29-26-43-37(3,4)44-33(29)18-21-39(31,34)6)30(28)17-20-40(32,7)35(25-36)42-23-11-22-41-27-12-9-8-10-13-27/h8-10,12-14,29-35H,11,15-26H2,1-7H3. The van der Waals surface area contributed by atoms with Crippen LogP contribution in [0.4, 0.5) is 0 Å². The molecule has 244 valence electrons. The van der Waals surface area contributed by atoms with E-state index >= 15 is 0 Å². The summed E-state index contributed by atoms with van der Waals surface area (Å²) < 4.78 is 25.7. The van der Waals surface area contributed by atoms with Gasteiger partial charge in [-0.2, -0.15) is 0 Å². The van der Waals surface area contributed by atoms with Crippen molar-refractivity contribution in [1.29, 1.82) is 0 Å². The van der Waals surface area contributed by atoms with E-state index in [0.717, 1.165) is 43.1 Å². The van der Waals surface area contributed by atoms with Crippen molar-refractivity contribution in [2.75, 3.05) is 19.8 Å². The van der Waals surface area contributed by atoms with Crippen LogP contribution in [0.15, 0.2) is 42.0 Å². The molecule has 5 fully saturated rings. The van der Waals surface area contributed by atoms with E-state index in [0.29, 0.717) is 46.9 Å². The van der Waals surface area contributed by atoms with Crippen LogP contribution in [-0.2, 0) is 14.2 Å². The number of allylic oxidation sites excluding steroid dienone is 2. The Bertz CT molecular complexity index is 1220. The fraction of sp³-hybridized carbons (Fsp3) is 0.800. The molecule has 1 aromatic carbocycles. The topological polar surface area (TPSA) is 36.9 Å². The Labute approximate surface area is 268 Å². The van der Waals surface area contributed by atoms with E-state index in [-0.39, 0.29) is 5.41 Å². The van der Waals surface area contributed by atoms with Crippen molar-refractivity contribution >= 4 is 0 Å². The Morgan fingerprint density at radius 3 is 2.34 bits per heavy atom. The SMILES string of the molecule is CC1(C)CC(OCCCOc2ccccc2)C2(C)CCC3C(=CCC4C3(C)CCC3C5COC(C)(C)OC5CCC34C)C2C1. The summed E-state index contributed by atoms with van der Waals surface area (Å²) in [5.41, 5.74) is 3.13. The number of hydrogen-bond donors (Lipinski definition) is 0. The zero-order chi connectivity index (χ0) is 31.0. The van der Waals surface area contributed by atoms with E-state index in [1.807, 2.05) is 35.9 Å². The number of para-hydroxylation sites is 1. The second-order valence-corrected chi connectivity index (χ2v) is 17.8. The van der Waals surface area contributed by atoms with Crippen molar-refractivity contribution in [3.63, 3.8) is 0 Å². The van der Waals surface area contributed by atoms with Gasteiger partial charge in [-0.05, 0) is 124 Å². The van der Waals surface area contributed by atoms with Crippen molar-refractivity contribution in [3.8, 4) is 5.75 Å². The first-order valence-electron chi connectivity index (χ1n) is 18.2. The molecule has 1 aliphatic heterocycles. The number of fused-ring (bicyclic) bond motifs is 9. The Kier molecular flexibility index (Phi) is 7.90. The molecule has 5 aliphatic carbocycles. The third-order valence-electron chi connectivity index (χ3n) is 14.3. The highest BCUT2D eigenvalue weighted by molar-refractivity contribution is 5.29. The largest absolute Gasteiger partial charge is 0.494 e. The Morgan fingerprint density at radius 2 is 1.55 bits per heavy atom. The normalized spacial score (nSPS) is 45.4. The summed E-state index contributed by atoms with van der Waals surface area (Å²) in [5, 5.41) is 0. The fourth-order valence-corrected chi connectivity index (χ4v) is 12.0. The number of benzene rings is 1. The first kappa shape index (κ1) is 31.3. The van der Waals surface area contributed by atoms with E-state index in [9.17, 15) is 0 Å². The summed E-state index contributed by atoms with van der Waals surface area (Å²) in [5.74, 6) is 3.92. The summed E-state index contributed by atoms with van der Waals surface area (Å²) in [6.45, 7) is 19.6. The quantitative estimate of drug-likeness (QED) is 0.239. The van der Waals surface area contributed by atoms with Crippen molar-refractivity contribution in [2.24, 2.45) is 51.2 Å². The summed E-state index contributed by atoms with van der Waals surface area (Å²) in [6.07, 6.45) is 16.0. The summed E-state index contributed by atoms with van der Waals surface area (Å²) in [7, 11) is 0. The van der Waals surface area contributed by atoms with E-state index in [1.54, 1.807) is 0 Å². The molecule has 7 rings (SSSR count). The molecule has 0 amide bonds. The highest BCUT2D eigenvalue weighted by Crippen LogP contribution is 2.71. The predicted molar refractivity (Wildman–Crippen MR) is 176 cm³/mol. The second-order valence-electron chi connectivity index (χ2n) is 17.8. The molecule has 1 heterocycles. The summed E-state index contributed by atoms with van der Waals surface area (Å²) in [6, 6.07) is 10.2. The lowest BCUT2D eigenvalue weighted by molar-refractivity contribution is -0.321. The predicted octanol–water partition coefficient (Wildman–Crippen LogP) is 9.62. The maximum atomic E-state index is 6.86. The van der Waals surface area contributed by atoms with E-state index in [2.05, 4.69) is 54.5 Å². The van der Waals surface area contributed by atoms with Gasteiger partial charge < -0.3 is 18.9 Å². The minimum atomic E-state index is -0.430. The van der Waals surface area contributed by atoms with Gasteiger partial charge in [0.2, 0.25) is 0 Å². The molecule has 0 aromatic heterocycles. The molecule has 0 bridgehead atoms. The zero-order valence-corrected chi connectivity index (χ0v) is 28.8. The van der Waals surface area contributed by atoms with Gasteiger partial charge in [0.15, 0.2) is 5.79 Å². The van der Waals surface area contributed by atoms with Crippen molar-refractivity contribution in [2.45, 2.75) is 131 Å². The molecular formula is C40H60O4. The van der Waals surface area contributed by atoms with Gasteiger partial charge in [0, 0.05) is 17.8 Å². The molecule has 6 aliphatic rings. The van der Waals surface area contributed by atoms with Crippen molar-refractivity contribution in [3.05, 3.63) is 42.0 Å². The molecule has 4 nitrogen and oxygen atoms in total. The maximum Gasteiger partial charge on any atom is 0.163 e. The van der Waals surface area contributed by atoms with Gasteiger partial charge in [-0.3, -0.25) is 0 Å². The molecule has 1 aromatic rings. The first-order valence-corrected chi connectivity index (χ1v) is 18.2. The minimum Gasteiger partial charge on any atom is -0.494 e. The Morgan fingerprint density at radius 1 is 0.795 bits per heavy atom. The molecule has 4 heteroatoms. The van der Waals surface area contributed by atoms with E-state index in [4.69, 9.17) is 18.9 Å². The lowest BCUT2D eigenvalue weighted by atomic mass is 9.38. The number of rotatable bonds is 6. The fourth-order valence-electron chi connectivity index (χ4n) is 12.0. The van der Waals surface area contributed by atoms with Gasteiger partial charge in [0.05, 0.1) is 32.0 Å². The summed E-state index contributed by atoms with van der Waals surface area (Å²) in [4.78, 5) is 0. The molecule has 0 N–H and O–H groups in total.